The molecule has 0 aliphatic carbocycles. The molecule has 0 saturated carbocycles. The number of ether oxygens (including phenoxy) is 1. The fraction of sp³-hybridized carbons (Fsp3) is 0.600. The minimum Gasteiger partial charge on any atom is -0.492 e. The number of nitrogens with zero attached hydrogens (tertiary/aromatic N) is 1. The molecule has 7 nitrogen and oxygen atoms in total. The highest BCUT2D eigenvalue weighted by atomic mass is 32.2. The monoisotopic (exact) mass is 376 g/mol. The van der Waals surface area contributed by atoms with E-state index in [1.165, 1.54) is 16.4 Å². The zero-order chi connectivity index (χ0) is 18.0. The van der Waals surface area contributed by atoms with E-state index < -0.39 is 20.0 Å². The van der Waals surface area contributed by atoms with Gasteiger partial charge < -0.3 is 4.74 Å². The number of benzene rings is 1. The molecule has 1 aromatic carbocycles. The lowest BCUT2D eigenvalue weighted by molar-refractivity contribution is 0.331. The van der Waals surface area contributed by atoms with Gasteiger partial charge in [0.25, 0.3) is 0 Å². The van der Waals surface area contributed by atoms with Crippen molar-refractivity contribution in [2.45, 2.75) is 44.6 Å². The lowest BCUT2D eigenvalue weighted by atomic mass is 10.2. The molecule has 24 heavy (non-hydrogen) atoms. The molecule has 1 aliphatic rings. The van der Waals surface area contributed by atoms with Crippen LogP contribution in [0.2, 0.25) is 0 Å². The summed E-state index contributed by atoms with van der Waals surface area (Å²) in [6.07, 6.45) is 1.37. The van der Waals surface area contributed by atoms with Crippen LogP contribution in [-0.4, -0.2) is 41.8 Å². The zero-order valence-electron chi connectivity index (χ0n) is 14.1. The number of nitrogens with one attached hydrogen (secondary N) is 1. The molecule has 0 amide bonds. The molecule has 1 saturated heterocycles. The summed E-state index contributed by atoms with van der Waals surface area (Å²) in [5.41, 5.74) is 0.349. The van der Waals surface area contributed by atoms with Gasteiger partial charge in [-0.2, -0.15) is 0 Å². The molecule has 136 valence electrons. The van der Waals surface area contributed by atoms with Gasteiger partial charge in [0, 0.05) is 12.6 Å². The van der Waals surface area contributed by atoms with Gasteiger partial charge in [0.15, 0.2) is 0 Å². The second kappa shape index (κ2) is 7.28. The van der Waals surface area contributed by atoms with Gasteiger partial charge in [0.05, 0.1) is 18.0 Å². The van der Waals surface area contributed by atoms with Crippen LogP contribution in [0.5, 0.6) is 5.75 Å². The van der Waals surface area contributed by atoms with Crippen LogP contribution < -0.4 is 13.8 Å². The molecule has 0 unspecified atom stereocenters. The fourth-order valence-electron chi connectivity index (χ4n) is 2.59. The second-order valence-electron chi connectivity index (χ2n) is 5.94. The molecule has 0 bridgehead atoms. The highest BCUT2D eigenvalue weighted by Crippen LogP contribution is 2.32. The lowest BCUT2D eigenvalue weighted by Gasteiger charge is -2.29. The maximum absolute atomic E-state index is 12.6. The molecule has 0 radical (unpaired) electrons. The highest BCUT2D eigenvalue weighted by molar-refractivity contribution is 7.92. The fourth-order valence-corrected chi connectivity index (χ4v) is 5.64. The van der Waals surface area contributed by atoms with Crippen molar-refractivity contribution in [1.82, 2.24) is 4.72 Å². The third-order valence-electron chi connectivity index (χ3n) is 3.54. The largest absolute Gasteiger partial charge is 0.492 e. The van der Waals surface area contributed by atoms with Gasteiger partial charge in [-0.3, -0.25) is 4.31 Å². The molecule has 1 aliphatic heterocycles. The highest BCUT2D eigenvalue weighted by Gasteiger charge is 2.29. The Balaban J connectivity index is 2.52. The van der Waals surface area contributed by atoms with Crippen molar-refractivity contribution in [3.05, 3.63) is 18.2 Å². The lowest BCUT2D eigenvalue weighted by Crippen LogP contribution is -2.38. The Morgan fingerprint density at radius 1 is 1.29 bits per heavy atom. The maximum Gasteiger partial charge on any atom is 0.244 e. The van der Waals surface area contributed by atoms with Crippen molar-refractivity contribution in [1.29, 1.82) is 0 Å². The summed E-state index contributed by atoms with van der Waals surface area (Å²) in [5.74, 6) is 0.288. The normalized spacial score (nSPS) is 17.9. The van der Waals surface area contributed by atoms with Gasteiger partial charge in [0.1, 0.15) is 10.6 Å². The smallest absolute Gasteiger partial charge is 0.244 e. The van der Waals surface area contributed by atoms with Gasteiger partial charge in [-0.25, -0.2) is 21.6 Å². The van der Waals surface area contributed by atoms with Crippen LogP contribution >= 0.6 is 0 Å². The van der Waals surface area contributed by atoms with Crippen molar-refractivity contribution in [3.63, 3.8) is 0 Å². The van der Waals surface area contributed by atoms with E-state index in [1.54, 1.807) is 26.8 Å². The molecule has 9 heteroatoms. The molecule has 1 aromatic rings. The van der Waals surface area contributed by atoms with Crippen molar-refractivity contribution in [2.75, 3.05) is 23.2 Å². The van der Waals surface area contributed by atoms with Gasteiger partial charge in [-0.1, -0.05) is 0 Å². The van der Waals surface area contributed by atoms with E-state index >= 15 is 0 Å². The summed E-state index contributed by atoms with van der Waals surface area (Å²) in [6, 6.07) is 4.19. The second-order valence-corrected chi connectivity index (χ2v) is 9.63. The van der Waals surface area contributed by atoms with Gasteiger partial charge >= 0.3 is 0 Å². The third-order valence-corrected chi connectivity index (χ3v) is 7.09. The van der Waals surface area contributed by atoms with E-state index in [1.807, 2.05) is 0 Å². The van der Waals surface area contributed by atoms with E-state index in [-0.39, 0.29) is 22.4 Å². The molecule has 1 N–H and O–H groups in total. The van der Waals surface area contributed by atoms with Crippen molar-refractivity contribution < 1.29 is 21.6 Å². The summed E-state index contributed by atoms with van der Waals surface area (Å²) >= 11 is 0. The average Bonchev–Trinajstić information content (AvgIpc) is 2.46. The van der Waals surface area contributed by atoms with E-state index in [9.17, 15) is 16.8 Å². The summed E-state index contributed by atoms with van der Waals surface area (Å²) < 4.78 is 58.9. The van der Waals surface area contributed by atoms with Crippen LogP contribution in [0.4, 0.5) is 5.69 Å². The molecule has 1 heterocycles. The van der Waals surface area contributed by atoms with Crippen molar-refractivity contribution in [3.8, 4) is 5.75 Å². The Kier molecular flexibility index (Phi) is 5.77. The van der Waals surface area contributed by atoms with Crippen molar-refractivity contribution in [2.24, 2.45) is 0 Å². The standard InChI is InChI=1S/C15H24N2O5S2/c1-4-22-14-8-7-13(17-9-5-6-10-23(17,18)19)11-15(14)24(20,21)16-12(2)3/h7-8,11-12,16H,4-6,9-10H2,1-3H3. The summed E-state index contributed by atoms with van der Waals surface area (Å²) in [6.45, 7) is 5.86. The van der Waals surface area contributed by atoms with Crippen LogP contribution in [-0.2, 0) is 20.0 Å². The minimum atomic E-state index is -3.81. The van der Waals surface area contributed by atoms with Crippen molar-refractivity contribution >= 4 is 25.7 Å². The average molecular weight is 377 g/mol. The molecular formula is C15H24N2O5S2. The molecule has 2 rings (SSSR count). The summed E-state index contributed by atoms with van der Waals surface area (Å²) in [7, 11) is -7.22. The molecular weight excluding hydrogens is 352 g/mol. The predicted molar refractivity (Wildman–Crippen MR) is 93.4 cm³/mol. The van der Waals surface area contributed by atoms with Crippen LogP contribution in [0.3, 0.4) is 0 Å². The van der Waals surface area contributed by atoms with E-state index in [2.05, 4.69) is 4.72 Å². The topological polar surface area (TPSA) is 92.8 Å². The third kappa shape index (κ3) is 4.20. The first-order valence-electron chi connectivity index (χ1n) is 7.97. The van der Waals surface area contributed by atoms with E-state index in [0.29, 0.717) is 25.3 Å². The molecule has 0 aromatic heterocycles. The van der Waals surface area contributed by atoms with Crippen LogP contribution in [0.15, 0.2) is 23.1 Å². The first kappa shape index (κ1) is 19.0. The first-order chi connectivity index (χ1) is 11.2. The Bertz CT molecular complexity index is 788. The van der Waals surface area contributed by atoms with Gasteiger partial charge in [-0.15, -0.1) is 0 Å². The maximum atomic E-state index is 12.6. The molecule has 1 fully saturated rings. The molecule has 0 atom stereocenters. The summed E-state index contributed by atoms with van der Waals surface area (Å²) in [4.78, 5) is -0.0451. The van der Waals surface area contributed by atoms with Crippen LogP contribution in [0.1, 0.15) is 33.6 Å². The predicted octanol–water partition coefficient (Wildman–Crippen LogP) is 1.70. The first-order valence-corrected chi connectivity index (χ1v) is 11.1. The Hall–Kier alpha value is -1.32. The minimum absolute atomic E-state index is 0.0451. The number of rotatable bonds is 6. The Morgan fingerprint density at radius 3 is 2.58 bits per heavy atom. The number of sulfonamides is 2. The van der Waals surface area contributed by atoms with E-state index in [4.69, 9.17) is 4.74 Å². The number of hydrogen-bond acceptors (Lipinski definition) is 5. The zero-order valence-corrected chi connectivity index (χ0v) is 15.8. The quantitative estimate of drug-likeness (QED) is 0.816. The van der Waals surface area contributed by atoms with Gasteiger partial charge in [0.2, 0.25) is 20.0 Å². The van der Waals surface area contributed by atoms with Crippen LogP contribution in [0, 0.1) is 0 Å². The Labute approximate surface area is 144 Å². The number of hydrogen-bond donors (Lipinski definition) is 1. The number of anilines is 1. The SMILES string of the molecule is CCOc1ccc(N2CCCCS2(=O)=O)cc1S(=O)(=O)NC(C)C. The summed E-state index contributed by atoms with van der Waals surface area (Å²) in [5, 5.41) is 0. The Morgan fingerprint density at radius 2 is 2.00 bits per heavy atom. The van der Waals surface area contributed by atoms with E-state index in [0.717, 1.165) is 6.42 Å². The van der Waals surface area contributed by atoms with Gasteiger partial charge in [-0.05, 0) is 51.8 Å². The van der Waals surface area contributed by atoms with Crippen LogP contribution in [0.25, 0.3) is 0 Å². The molecule has 0 spiro atoms.